The number of rotatable bonds is 2. The predicted octanol–water partition coefficient (Wildman–Crippen LogP) is 3.61. The van der Waals surface area contributed by atoms with Crippen molar-refractivity contribution in [1.29, 1.82) is 0 Å². The maximum absolute atomic E-state index is 6.17. The minimum absolute atomic E-state index is 0.798. The number of piperidine rings is 1. The quantitative estimate of drug-likeness (QED) is 0.783. The van der Waals surface area contributed by atoms with E-state index in [-0.39, 0.29) is 0 Å². The van der Waals surface area contributed by atoms with E-state index in [1.54, 1.807) is 6.20 Å². The molecule has 16 heavy (non-hydrogen) atoms. The Hall–Kier alpha value is -0.760. The molecule has 1 aromatic rings. The van der Waals surface area contributed by atoms with Crippen molar-refractivity contribution in [3.05, 3.63) is 23.5 Å². The van der Waals surface area contributed by atoms with Gasteiger partial charge in [-0.1, -0.05) is 25.4 Å². The van der Waals surface area contributed by atoms with E-state index in [0.717, 1.165) is 35.6 Å². The lowest BCUT2D eigenvalue weighted by Crippen LogP contribution is -2.35. The molecule has 0 amide bonds. The lowest BCUT2D eigenvalue weighted by molar-refractivity contribution is 0.311. The number of nitrogens with zero attached hydrogens (tertiary/aromatic N) is 2. The first kappa shape index (κ1) is 11.7. The summed E-state index contributed by atoms with van der Waals surface area (Å²) in [6, 6.07) is 1.87. The van der Waals surface area contributed by atoms with Gasteiger partial charge in [-0.15, -0.1) is 0 Å². The summed E-state index contributed by atoms with van der Waals surface area (Å²) < 4.78 is 0. The molecule has 2 rings (SSSR count). The fourth-order valence-electron chi connectivity index (χ4n) is 2.41. The molecule has 0 unspecified atom stereocenters. The first-order valence-corrected chi connectivity index (χ1v) is 6.40. The zero-order valence-corrected chi connectivity index (χ0v) is 10.7. The Morgan fingerprint density at radius 3 is 2.62 bits per heavy atom. The minimum Gasteiger partial charge on any atom is -0.369 e. The average Bonchev–Trinajstić information content (AvgIpc) is 2.30. The van der Waals surface area contributed by atoms with Crippen LogP contribution in [0.1, 0.15) is 26.7 Å². The van der Waals surface area contributed by atoms with Crippen LogP contribution in [0.25, 0.3) is 0 Å². The Labute approximate surface area is 103 Å². The summed E-state index contributed by atoms with van der Waals surface area (Å²) in [5.74, 6) is 1.67. The number of hydrogen-bond acceptors (Lipinski definition) is 2. The highest BCUT2D eigenvalue weighted by Gasteiger charge is 2.22. The van der Waals surface area contributed by atoms with E-state index in [4.69, 9.17) is 11.6 Å². The SMILES string of the molecule is CC(C)C1CCN(c2cnccc2Cl)CC1. The number of aromatic nitrogens is 1. The van der Waals surface area contributed by atoms with E-state index in [2.05, 4.69) is 23.7 Å². The number of halogens is 1. The van der Waals surface area contributed by atoms with Crippen LogP contribution in [0.3, 0.4) is 0 Å². The van der Waals surface area contributed by atoms with E-state index in [9.17, 15) is 0 Å². The first-order chi connectivity index (χ1) is 7.68. The predicted molar refractivity (Wildman–Crippen MR) is 69.0 cm³/mol. The molecular weight excluding hydrogens is 220 g/mol. The molecule has 88 valence electrons. The fourth-order valence-corrected chi connectivity index (χ4v) is 2.63. The fraction of sp³-hybridized carbons (Fsp3) is 0.615. The van der Waals surface area contributed by atoms with Crippen molar-refractivity contribution in [1.82, 2.24) is 4.98 Å². The summed E-state index contributed by atoms with van der Waals surface area (Å²) in [6.07, 6.45) is 6.15. The van der Waals surface area contributed by atoms with Crippen LogP contribution in [0.15, 0.2) is 18.5 Å². The lowest BCUT2D eigenvalue weighted by Gasteiger charge is -2.35. The molecule has 2 heterocycles. The van der Waals surface area contributed by atoms with Gasteiger partial charge in [0.2, 0.25) is 0 Å². The molecule has 0 aliphatic carbocycles. The number of hydrogen-bond donors (Lipinski definition) is 0. The summed E-state index contributed by atoms with van der Waals surface area (Å²) >= 11 is 6.17. The Kier molecular flexibility index (Phi) is 3.70. The molecule has 1 aliphatic rings. The minimum atomic E-state index is 0.798. The van der Waals surface area contributed by atoms with Crippen LogP contribution < -0.4 is 4.90 Å². The molecule has 0 atom stereocenters. The smallest absolute Gasteiger partial charge is 0.0742 e. The van der Waals surface area contributed by atoms with Crippen molar-refractivity contribution in [2.24, 2.45) is 11.8 Å². The molecule has 0 aromatic carbocycles. The molecule has 1 aromatic heterocycles. The molecule has 1 fully saturated rings. The van der Waals surface area contributed by atoms with Crippen LogP contribution in [0.5, 0.6) is 0 Å². The van der Waals surface area contributed by atoms with Gasteiger partial charge in [0.15, 0.2) is 0 Å². The molecule has 1 aliphatic heterocycles. The van der Waals surface area contributed by atoms with Gasteiger partial charge in [0.25, 0.3) is 0 Å². The van der Waals surface area contributed by atoms with E-state index in [1.807, 2.05) is 12.3 Å². The highest BCUT2D eigenvalue weighted by atomic mass is 35.5. The van der Waals surface area contributed by atoms with Crippen LogP contribution in [0, 0.1) is 11.8 Å². The maximum Gasteiger partial charge on any atom is 0.0742 e. The van der Waals surface area contributed by atoms with Gasteiger partial charge in [-0.3, -0.25) is 4.98 Å². The second-order valence-corrected chi connectivity index (χ2v) is 5.30. The van der Waals surface area contributed by atoms with E-state index >= 15 is 0 Å². The Bertz CT molecular complexity index is 344. The molecule has 0 radical (unpaired) electrons. The third-order valence-electron chi connectivity index (χ3n) is 3.57. The zero-order chi connectivity index (χ0) is 11.5. The Morgan fingerprint density at radius 1 is 1.38 bits per heavy atom. The van der Waals surface area contributed by atoms with E-state index in [0.29, 0.717) is 0 Å². The second-order valence-electron chi connectivity index (χ2n) is 4.90. The third kappa shape index (κ3) is 2.49. The zero-order valence-electron chi connectivity index (χ0n) is 9.99. The normalized spacial score (nSPS) is 18.1. The molecule has 0 spiro atoms. The van der Waals surface area contributed by atoms with Gasteiger partial charge in [-0.25, -0.2) is 0 Å². The Morgan fingerprint density at radius 2 is 2.06 bits per heavy atom. The van der Waals surface area contributed by atoms with Gasteiger partial charge in [-0.05, 0) is 30.7 Å². The average molecular weight is 239 g/mol. The molecule has 3 heteroatoms. The molecule has 0 bridgehead atoms. The van der Waals surface area contributed by atoms with Crippen molar-refractivity contribution >= 4 is 17.3 Å². The van der Waals surface area contributed by atoms with Crippen molar-refractivity contribution in [3.8, 4) is 0 Å². The van der Waals surface area contributed by atoms with Crippen LogP contribution in [0.2, 0.25) is 5.02 Å². The molecule has 1 saturated heterocycles. The van der Waals surface area contributed by atoms with Crippen molar-refractivity contribution in [2.75, 3.05) is 18.0 Å². The van der Waals surface area contributed by atoms with Crippen LogP contribution in [-0.4, -0.2) is 18.1 Å². The molecular formula is C13H19ClN2. The number of anilines is 1. The highest BCUT2D eigenvalue weighted by molar-refractivity contribution is 6.33. The Balaban J connectivity index is 2.02. The topological polar surface area (TPSA) is 16.1 Å². The summed E-state index contributed by atoms with van der Waals surface area (Å²) in [5, 5.41) is 0.818. The van der Waals surface area contributed by atoms with Crippen LogP contribution in [-0.2, 0) is 0 Å². The summed E-state index contributed by atoms with van der Waals surface area (Å²) in [5.41, 5.74) is 1.09. The van der Waals surface area contributed by atoms with Gasteiger partial charge in [0.05, 0.1) is 16.9 Å². The molecule has 0 saturated carbocycles. The van der Waals surface area contributed by atoms with Gasteiger partial charge < -0.3 is 4.90 Å². The standard InChI is InChI=1S/C13H19ClN2/c1-10(2)11-4-7-16(8-5-11)13-9-15-6-3-12(13)14/h3,6,9-11H,4-5,7-8H2,1-2H3. The monoisotopic (exact) mass is 238 g/mol. The van der Waals surface area contributed by atoms with Gasteiger partial charge in [0, 0.05) is 19.3 Å². The summed E-state index contributed by atoms with van der Waals surface area (Å²) in [7, 11) is 0. The molecule has 2 nitrogen and oxygen atoms in total. The first-order valence-electron chi connectivity index (χ1n) is 6.03. The van der Waals surface area contributed by atoms with Crippen molar-refractivity contribution < 1.29 is 0 Å². The summed E-state index contributed by atoms with van der Waals surface area (Å²) in [6.45, 7) is 6.84. The van der Waals surface area contributed by atoms with E-state index in [1.165, 1.54) is 12.8 Å². The third-order valence-corrected chi connectivity index (χ3v) is 3.89. The van der Waals surface area contributed by atoms with Gasteiger partial charge >= 0.3 is 0 Å². The largest absolute Gasteiger partial charge is 0.369 e. The highest BCUT2D eigenvalue weighted by Crippen LogP contribution is 2.30. The van der Waals surface area contributed by atoms with Gasteiger partial charge in [-0.2, -0.15) is 0 Å². The van der Waals surface area contributed by atoms with Crippen molar-refractivity contribution in [2.45, 2.75) is 26.7 Å². The van der Waals surface area contributed by atoms with Crippen LogP contribution >= 0.6 is 11.6 Å². The van der Waals surface area contributed by atoms with Crippen LogP contribution in [0.4, 0.5) is 5.69 Å². The lowest BCUT2D eigenvalue weighted by atomic mass is 9.86. The molecule has 0 N–H and O–H groups in total. The van der Waals surface area contributed by atoms with Gasteiger partial charge in [0.1, 0.15) is 0 Å². The van der Waals surface area contributed by atoms with E-state index < -0.39 is 0 Å². The maximum atomic E-state index is 6.17. The number of pyridine rings is 1. The second kappa shape index (κ2) is 5.05. The van der Waals surface area contributed by atoms with Crippen molar-refractivity contribution in [3.63, 3.8) is 0 Å². The summed E-state index contributed by atoms with van der Waals surface area (Å²) in [4.78, 5) is 6.50.